The standard InChI is InChI=1S/C27H27N3O6S/c1-13-11-25(13,3)15-8-9-16-19(10-15)36-27(33)17-6-5-7-18(28)21(17)23(31)26(16,27)30-24(32)22-14(2)20(12-29-22)37(4,34)35/h5-10,12-13,29,33H,11,28H2,1-4H3,(H,30,32)/t13-,25+,26?,27+/m0/s1. The lowest BCUT2D eigenvalue weighted by Gasteiger charge is -2.34. The molecule has 1 unspecified atom stereocenters. The predicted molar refractivity (Wildman–Crippen MR) is 135 cm³/mol. The molecule has 3 aliphatic rings. The summed E-state index contributed by atoms with van der Waals surface area (Å²) in [6, 6.07) is 10.1. The van der Waals surface area contributed by atoms with Gasteiger partial charge in [0.15, 0.2) is 9.84 Å². The quantitative estimate of drug-likeness (QED) is 0.385. The number of aromatic nitrogens is 1. The lowest BCUT2D eigenvalue weighted by Crippen LogP contribution is -2.60. The Morgan fingerprint density at radius 1 is 1.24 bits per heavy atom. The van der Waals surface area contributed by atoms with Crippen LogP contribution in [0.5, 0.6) is 5.75 Å². The highest BCUT2D eigenvalue weighted by Crippen LogP contribution is 2.61. The topological polar surface area (TPSA) is 152 Å². The molecule has 1 amide bonds. The molecule has 4 atom stereocenters. The Kier molecular flexibility index (Phi) is 4.51. The number of benzene rings is 2. The number of ketones is 1. The monoisotopic (exact) mass is 521 g/mol. The number of nitrogens with two attached hydrogens (primary N) is 1. The number of nitrogen functional groups attached to an aromatic ring is 1. The Morgan fingerprint density at radius 3 is 2.57 bits per heavy atom. The summed E-state index contributed by atoms with van der Waals surface area (Å²) in [5.41, 5.74) is 5.93. The first-order valence-electron chi connectivity index (χ1n) is 12.0. The maximum Gasteiger partial charge on any atom is 0.271 e. The summed E-state index contributed by atoms with van der Waals surface area (Å²) in [6.45, 7) is 5.80. The second kappa shape index (κ2) is 7.02. The number of carbonyl (C=O) groups excluding carboxylic acids is 2. The zero-order valence-corrected chi connectivity index (χ0v) is 21.6. The van der Waals surface area contributed by atoms with Crippen molar-refractivity contribution in [3.8, 4) is 5.75 Å². The highest BCUT2D eigenvalue weighted by atomic mass is 32.2. The maximum absolute atomic E-state index is 14.1. The molecule has 1 saturated carbocycles. The van der Waals surface area contributed by atoms with Crippen LogP contribution in [0.4, 0.5) is 5.69 Å². The number of aliphatic hydroxyl groups is 1. The number of anilines is 1. The van der Waals surface area contributed by atoms with Crippen molar-refractivity contribution in [3.63, 3.8) is 0 Å². The normalized spacial score (nSPS) is 29.3. The van der Waals surface area contributed by atoms with Crippen LogP contribution in [0.1, 0.15) is 63.4 Å². The fraction of sp³-hybridized carbons (Fsp3) is 0.333. The number of fused-ring (bicyclic) bond motifs is 5. The zero-order chi connectivity index (χ0) is 26.7. The van der Waals surface area contributed by atoms with Gasteiger partial charge in [0.1, 0.15) is 11.4 Å². The van der Waals surface area contributed by atoms with Crippen molar-refractivity contribution in [1.29, 1.82) is 0 Å². The summed E-state index contributed by atoms with van der Waals surface area (Å²) in [7, 11) is -3.60. The first kappa shape index (κ1) is 23.7. The first-order chi connectivity index (χ1) is 17.3. The van der Waals surface area contributed by atoms with Gasteiger partial charge in [-0.2, -0.15) is 0 Å². The Labute approximate surface area is 213 Å². The van der Waals surface area contributed by atoms with E-state index >= 15 is 0 Å². The summed E-state index contributed by atoms with van der Waals surface area (Å²) < 4.78 is 30.4. The SMILES string of the molecule is Cc1c(S(C)(=O)=O)c[nH]c1C(=O)NC12C(=O)c3c(N)cccc3[C@@]1(O)Oc1cc([C@]3(C)C[C@@H]3C)ccc12. The van der Waals surface area contributed by atoms with Crippen LogP contribution in [0.2, 0.25) is 0 Å². The van der Waals surface area contributed by atoms with E-state index in [9.17, 15) is 23.1 Å². The Morgan fingerprint density at radius 2 is 1.95 bits per heavy atom. The van der Waals surface area contributed by atoms with Gasteiger partial charge in [0.2, 0.25) is 11.3 Å². The van der Waals surface area contributed by atoms with Gasteiger partial charge in [-0.05, 0) is 47.9 Å². The number of amides is 1. The number of Topliss-reactive ketones (excluding diaryl/α,β-unsaturated/α-hetero) is 1. The molecule has 0 spiro atoms. The Bertz CT molecular complexity index is 1660. The number of carbonyl (C=O) groups is 2. The van der Waals surface area contributed by atoms with E-state index in [-0.39, 0.29) is 38.4 Å². The van der Waals surface area contributed by atoms with Crippen molar-refractivity contribution in [1.82, 2.24) is 10.3 Å². The van der Waals surface area contributed by atoms with Gasteiger partial charge in [-0.1, -0.05) is 38.1 Å². The van der Waals surface area contributed by atoms with E-state index in [1.807, 2.05) is 12.1 Å². The minimum absolute atomic E-state index is 0.0322. The van der Waals surface area contributed by atoms with Gasteiger partial charge < -0.3 is 25.9 Å². The van der Waals surface area contributed by atoms with E-state index in [1.54, 1.807) is 24.3 Å². The van der Waals surface area contributed by atoms with Crippen molar-refractivity contribution >= 4 is 27.2 Å². The lowest BCUT2D eigenvalue weighted by molar-refractivity contribution is -0.169. The third kappa shape index (κ3) is 2.85. The number of H-pyrrole nitrogens is 1. The van der Waals surface area contributed by atoms with Crippen LogP contribution in [0.3, 0.4) is 0 Å². The molecule has 3 aromatic rings. The maximum atomic E-state index is 14.1. The molecule has 10 heteroatoms. The molecule has 9 nitrogen and oxygen atoms in total. The molecule has 1 aliphatic heterocycles. The highest BCUT2D eigenvalue weighted by Gasteiger charge is 2.72. The average molecular weight is 522 g/mol. The smallest absolute Gasteiger partial charge is 0.271 e. The number of ether oxygens (including phenoxy) is 1. The number of hydrogen-bond acceptors (Lipinski definition) is 7. The molecule has 0 bridgehead atoms. The number of sulfone groups is 1. The largest absolute Gasteiger partial charge is 0.454 e. The zero-order valence-electron chi connectivity index (χ0n) is 20.8. The van der Waals surface area contributed by atoms with E-state index < -0.39 is 32.9 Å². The Hall–Kier alpha value is -3.63. The predicted octanol–water partition coefficient (Wildman–Crippen LogP) is 2.67. The summed E-state index contributed by atoms with van der Waals surface area (Å²) in [5.74, 6) is -2.87. The van der Waals surface area contributed by atoms with E-state index in [1.165, 1.54) is 13.1 Å². The van der Waals surface area contributed by atoms with Crippen molar-refractivity contribution < 1.29 is 27.9 Å². The number of aromatic amines is 1. The minimum Gasteiger partial charge on any atom is -0.454 e. The summed E-state index contributed by atoms with van der Waals surface area (Å²) in [4.78, 5) is 30.4. The molecule has 1 aromatic heterocycles. The van der Waals surface area contributed by atoms with Crippen molar-refractivity contribution in [2.75, 3.05) is 12.0 Å². The summed E-state index contributed by atoms with van der Waals surface area (Å²) in [6.07, 6.45) is 3.28. The molecule has 2 aliphatic carbocycles. The van der Waals surface area contributed by atoms with Gasteiger partial charge in [0, 0.05) is 29.3 Å². The van der Waals surface area contributed by atoms with Crippen LogP contribution in [-0.2, 0) is 26.6 Å². The molecule has 2 heterocycles. The van der Waals surface area contributed by atoms with Gasteiger partial charge in [-0.25, -0.2) is 8.42 Å². The number of rotatable bonds is 4. The van der Waals surface area contributed by atoms with Crippen molar-refractivity contribution in [2.45, 2.75) is 48.8 Å². The van der Waals surface area contributed by atoms with Gasteiger partial charge >= 0.3 is 0 Å². The van der Waals surface area contributed by atoms with Crippen LogP contribution in [0.15, 0.2) is 47.5 Å². The van der Waals surface area contributed by atoms with Crippen LogP contribution in [-0.4, -0.2) is 36.5 Å². The molecule has 0 saturated heterocycles. The average Bonchev–Trinajstić information content (AvgIpc) is 3.09. The second-order valence-electron chi connectivity index (χ2n) is 10.7. The molecule has 6 rings (SSSR count). The number of nitrogens with one attached hydrogen (secondary N) is 2. The molecular weight excluding hydrogens is 494 g/mol. The molecule has 5 N–H and O–H groups in total. The van der Waals surface area contributed by atoms with Crippen molar-refractivity contribution in [2.24, 2.45) is 5.92 Å². The van der Waals surface area contributed by atoms with Crippen LogP contribution < -0.4 is 15.8 Å². The molecular formula is C27H27N3O6S. The van der Waals surface area contributed by atoms with Gasteiger partial charge in [-0.3, -0.25) is 9.59 Å². The van der Waals surface area contributed by atoms with Crippen LogP contribution in [0, 0.1) is 12.8 Å². The lowest BCUT2D eigenvalue weighted by atomic mass is 9.81. The summed E-state index contributed by atoms with van der Waals surface area (Å²) >= 11 is 0. The number of hydrogen-bond donors (Lipinski definition) is 4. The molecule has 37 heavy (non-hydrogen) atoms. The van der Waals surface area contributed by atoms with Crippen molar-refractivity contribution in [3.05, 3.63) is 76.1 Å². The fourth-order valence-corrected chi connectivity index (χ4v) is 6.97. The van der Waals surface area contributed by atoms with Gasteiger partial charge in [-0.15, -0.1) is 0 Å². The van der Waals surface area contributed by atoms with Crippen LogP contribution >= 0.6 is 0 Å². The van der Waals surface area contributed by atoms with E-state index in [2.05, 4.69) is 24.1 Å². The van der Waals surface area contributed by atoms with E-state index in [0.29, 0.717) is 17.2 Å². The van der Waals surface area contributed by atoms with Gasteiger partial charge in [0.25, 0.3) is 11.7 Å². The second-order valence-corrected chi connectivity index (χ2v) is 12.7. The van der Waals surface area contributed by atoms with E-state index in [0.717, 1.165) is 18.2 Å². The fourth-order valence-electron chi connectivity index (χ4n) is 6.04. The van der Waals surface area contributed by atoms with Gasteiger partial charge in [0.05, 0.1) is 10.5 Å². The minimum atomic E-state index is -3.60. The third-order valence-corrected chi connectivity index (χ3v) is 9.74. The summed E-state index contributed by atoms with van der Waals surface area (Å²) in [5, 5.41) is 14.8. The molecule has 0 radical (unpaired) electrons. The van der Waals surface area contributed by atoms with E-state index in [4.69, 9.17) is 10.5 Å². The molecule has 2 aromatic carbocycles. The molecule has 1 fully saturated rings. The molecule has 192 valence electrons. The van der Waals surface area contributed by atoms with Crippen LogP contribution in [0.25, 0.3) is 0 Å². The Balaban J connectivity index is 1.53. The highest BCUT2D eigenvalue weighted by molar-refractivity contribution is 7.90. The third-order valence-electron chi connectivity index (χ3n) is 8.52. The first-order valence-corrected chi connectivity index (χ1v) is 13.9.